The molecule has 0 aromatic heterocycles. The summed E-state index contributed by atoms with van der Waals surface area (Å²) in [6.45, 7) is 4.15. The van der Waals surface area contributed by atoms with Crippen LogP contribution in [0, 0.1) is 13.8 Å². The summed E-state index contributed by atoms with van der Waals surface area (Å²) in [7, 11) is -7.88. The molecule has 0 radical (unpaired) electrons. The fraction of sp³-hybridized carbons (Fsp3) is 0.167. The van der Waals surface area contributed by atoms with Gasteiger partial charge in [-0.15, -0.1) is 0 Å². The molecule has 0 unspecified atom stereocenters. The zero-order valence-electron chi connectivity index (χ0n) is 19.9. The molecule has 3 aromatic carbocycles. The molecule has 0 aliphatic heterocycles. The van der Waals surface area contributed by atoms with Crippen molar-refractivity contribution >= 4 is 48.9 Å². The molecule has 1 aliphatic carbocycles. The first-order valence-electron chi connectivity index (χ1n) is 10.8. The molecule has 0 saturated heterocycles. The maximum atomic E-state index is 13.6. The molecule has 3 aromatic rings. The molecule has 37 heavy (non-hydrogen) atoms. The maximum absolute atomic E-state index is 13.6. The molecule has 0 amide bonds. The topological polar surface area (TPSA) is 193 Å². The lowest BCUT2D eigenvalue weighted by Crippen LogP contribution is -2.25. The van der Waals surface area contributed by atoms with Gasteiger partial charge in [-0.05, 0) is 61.9 Å². The smallest absolute Gasteiger partial charge is 0.296 e. The van der Waals surface area contributed by atoms with E-state index in [-0.39, 0.29) is 22.4 Å². The zero-order valence-corrected chi connectivity index (χ0v) is 21.5. The molecule has 11 nitrogen and oxygen atoms in total. The van der Waals surface area contributed by atoms with Crippen molar-refractivity contribution < 1.29 is 35.5 Å². The highest BCUT2D eigenvalue weighted by Crippen LogP contribution is 2.41. The van der Waals surface area contributed by atoms with Gasteiger partial charge in [0.1, 0.15) is 4.90 Å². The number of aryl methyl sites for hydroxylation is 1. The summed E-state index contributed by atoms with van der Waals surface area (Å²) < 4.78 is 66.8. The number of anilines is 3. The summed E-state index contributed by atoms with van der Waals surface area (Å²) in [4.78, 5) is 25.7. The molecule has 0 bridgehead atoms. The Morgan fingerprint density at radius 3 is 2.11 bits per heavy atom. The molecule has 194 valence electrons. The van der Waals surface area contributed by atoms with Gasteiger partial charge in [0.15, 0.2) is 11.6 Å². The van der Waals surface area contributed by atoms with Gasteiger partial charge in [-0.25, -0.2) is 0 Å². The van der Waals surface area contributed by atoms with Gasteiger partial charge >= 0.3 is 0 Å². The third-order valence-electron chi connectivity index (χ3n) is 6.25. The number of hydrogen-bond donors (Lipinski definition) is 5. The van der Waals surface area contributed by atoms with E-state index in [9.17, 15) is 35.5 Å². The second-order valence-corrected chi connectivity index (χ2v) is 11.4. The molecule has 0 atom stereocenters. The normalized spacial score (nSPS) is 13.3. The van der Waals surface area contributed by atoms with Crippen LogP contribution in [0.3, 0.4) is 0 Å². The Hall–Kier alpha value is -3.62. The van der Waals surface area contributed by atoms with Crippen molar-refractivity contribution in [3.63, 3.8) is 0 Å². The zero-order chi connectivity index (χ0) is 27.4. The van der Waals surface area contributed by atoms with Gasteiger partial charge in [-0.2, -0.15) is 16.8 Å². The molecular formula is C24H23N3O8S2. The summed E-state index contributed by atoms with van der Waals surface area (Å²) in [5.74, 6) is -1.68. The second kappa shape index (κ2) is 9.04. The van der Waals surface area contributed by atoms with E-state index >= 15 is 0 Å². The second-order valence-electron chi connectivity index (χ2n) is 8.60. The number of hydrogen-bond acceptors (Lipinski definition) is 9. The molecule has 6 N–H and O–H groups in total. The van der Waals surface area contributed by atoms with Gasteiger partial charge in [0.25, 0.3) is 20.2 Å². The molecule has 0 heterocycles. The van der Waals surface area contributed by atoms with Crippen LogP contribution in [0.5, 0.6) is 0 Å². The predicted octanol–water partition coefficient (Wildman–Crippen LogP) is 2.62. The first-order valence-corrected chi connectivity index (χ1v) is 13.7. The number of carbonyl (C=O) groups excluding carboxylic acids is 2. The minimum absolute atomic E-state index is 0.0903. The average molecular weight is 546 g/mol. The maximum Gasteiger partial charge on any atom is 0.296 e. The van der Waals surface area contributed by atoms with E-state index in [1.807, 2.05) is 19.1 Å². The van der Waals surface area contributed by atoms with Crippen LogP contribution < -0.4 is 16.4 Å². The molecule has 1 aliphatic rings. The highest BCUT2D eigenvalue weighted by molar-refractivity contribution is 7.86. The molecular weight excluding hydrogens is 522 g/mol. The summed E-state index contributed by atoms with van der Waals surface area (Å²) in [6, 6.07) is 7.60. The lowest BCUT2D eigenvalue weighted by molar-refractivity contribution is 0.0980. The van der Waals surface area contributed by atoms with E-state index in [2.05, 4.69) is 10.6 Å². The minimum Gasteiger partial charge on any atom is -0.397 e. The van der Waals surface area contributed by atoms with Gasteiger partial charge in [-0.1, -0.05) is 12.1 Å². The van der Waals surface area contributed by atoms with Gasteiger partial charge in [0.2, 0.25) is 0 Å². The van der Waals surface area contributed by atoms with E-state index in [0.29, 0.717) is 12.2 Å². The van der Waals surface area contributed by atoms with Crippen LogP contribution in [0.15, 0.2) is 46.2 Å². The van der Waals surface area contributed by atoms with Crippen LogP contribution >= 0.6 is 0 Å². The first-order chi connectivity index (χ1) is 17.2. The lowest BCUT2D eigenvalue weighted by Gasteiger charge is -2.25. The molecule has 13 heteroatoms. The third kappa shape index (κ3) is 4.51. The minimum atomic E-state index is -4.94. The van der Waals surface area contributed by atoms with Crippen molar-refractivity contribution in [1.29, 1.82) is 0 Å². The lowest BCUT2D eigenvalue weighted by atomic mass is 9.82. The van der Waals surface area contributed by atoms with Gasteiger partial charge in [0, 0.05) is 23.4 Å². The van der Waals surface area contributed by atoms with Crippen molar-refractivity contribution in [3.05, 3.63) is 75.3 Å². The number of ketones is 2. The summed E-state index contributed by atoms with van der Waals surface area (Å²) in [5.41, 5.74) is 6.96. The van der Waals surface area contributed by atoms with E-state index in [0.717, 1.165) is 41.0 Å². The third-order valence-corrected chi connectivity index (χ3v) is 8.00. The molecule has 4 rings (SSSR count). The van der Waals surface area contributed by atoms with Gasteiger partial charge < -0.3 is 16.4 Å². The summed E-state index contributed by atoms with van der Waals surface area (Å²) in [6.07, 6.45) is 0. The number of nitrogens with one attached hydrogen (secondary N) is 2. The fourth-order valence-electron chi connectivity index (χ4n) is 4.40. The Morgan fingerprint density at radius 1 is 0.865 bits per heavy atom. The van der Waals surface area contributed by atoms with E-state index < -0.39 is 52.8 Å². The van der Waals surface area contributed by atoms with Gasteiger partial charge in [0.05, 0.1) is 27.4 Å². The van der Waals surface area contributed by atoms with E-state index in [4.69, 9.17) is 5.73 Å². The van der Waals surface area contributed by atoms with Crippen LogP contribution in [0.1, 0.15) is 48.5 Å². The number of rotatable bonds is 6. The number of benzene rings is 3. The summed E-state index contributed by atoms with van der Waals surface area (Å²) >= 11 is 0. The van der Waals surface area contributed by atoms with E-state index in [1.165, 1.54) is 0 Å². The van der Waals surface area contributed by atoms with Crippen LogP contribution in [0.2, 0.25) is 0 Å². The first kappa shape index (κ1) is 26.4. The molecule has 0 saturated carbocycles. The molecule has 0 spiro atoms. The number of fused-ring (bicyclic) bond motifs is 2. The van der Waals surface area contributed by atoms with Crippen LogP contribution in [-0.2, 0) is 26.8 Å². The average Bonchev–Trinajstić information content (AvgIpc) is 2.81. The standard InChI is InChI=1S/C24H23N3O8S2/c1-11-4-5-13(10-26-3)12(2)22(11)27-17-9-18(37(33,34)35)21(25)20-19(17)23(28)15-7-6-14(36(30,31)32)8-16(15)24(20)29/h4-9,26-27H,10,25H2,1-3H3,(H,30,31,32)(H,33,34,35). The Balaban J connectivity index is 2.03. The van der Waals surface area contributed by atoms with Crippen molar-refractivity contribution in [2.75, 3.05) is 18.1 Å². The monoisotopic (exact) mass is 545 g/mol. The fourth-order valence-corrected chi connectivity index (χ4v) is 5.55. The highest BCUT2D eigenvalue weighted by Gasteiger charge is 2.37. The SMILES string of the molecule is CNCc1ccc(C)c(Nc2cc(S(=O)(=O)O)c(N)c3c2C(=O)c2ccc(S(=O)(=O)O)cc2C3=O)c1C. The Kier molecular flexibility index (Phi) is 6.46. The Labute approximate surface area is 213 Å². The number of nitrogen functional groups attached to an aromatic ring is 1. The Morgan fingerprint density at radius 2 is 1.51 bits per heavy atom. The quantitative estimate of drug-likeness (QED) is 0.177. The van der Waals surface area contributed by atoms with Crippen LogP contribution in [0.4, 0.5) is 17.1 Å². The Bertz CT molecular complexity index is 1730. The van der Waals surface area contributed by atoms with Crippen molar-refractivity contribution in [2.24, 2.45) is 0 Å². The number of carbonyl (C=O) groups is 2. The van der Waals surface area contributed by atoms with Crippen molar-refractivity contribution in [1.82, 2.24) is 5.32 Å². The summed E-state index contributed by atoms with van der Waals surface area (Å²) in [5, 5.41) is 6.10. The highest BCUT2D eigenvalue weighted by atomic mass is 32.2. The van der Waals surface area contributed by atoms with E-state index in [1.54, 1.807) is 14.0 Å². The van der Waals surface area contributed by atoms with Crippen LogP contribution in [-0.4, -0.2) is 44.6 Å². The largest absolute Gasteiger partial charge is 0.397 e. The predicted molar refractivity (Wildman–Crippen MR) is 136 cm³/mol. The van der Waals surface area contributed by atoms with Crippen molar-refractivity contribution in [3.8, 4) is 0 Å². The van der Waals surface area contributed by atoms with Gasteiger partial charge in [-0.3, -0.25) is 18.7 Å². The van der Waals surface area contributed by atoms with Crippen LogP contribution in [0.25, 0.3) is 0 Å². The number of nitrogens with two attached hydrogens (primary N) is 1. The van der Waals surface area contributed by atoms with Crippen molar-refractivity contribution in [2.45, 2.75) is 30.2 Å². The molecule has 0 fully saturated rings.